The van der Waals surface area contributed by atoms with Crippen LogP contribution in [0.2, 0.25) is 0 Å². The first-order chi connectivity index (χ1) is 42.0. The van der Waals surface area contributed by atoms with Crippen LogP contribution in [0.25, 0.3) is 0 Å². The van der Waals surface area contributed by atoms with E-state index < -0.39 is 199 Å². The summed E-state index contributed by atoms with van der Waals surface area (Å²) in [5, 5.41) is 61.8. The maximum atomic E-state index is 14.4. The number of aliphatic hydroxyl groups excluding tert-OH is 2. The number of cyclic esters (lactones) is 1. The number of aromatic hydroxyl groups is 1. The predicted molar refractivity (Wildman–Crippen MR) is 324 cm³/mol. The highest BCUT2D eigenvalue weighted by Gasteiger charge is 2.41. The maximum Gasteiger partial charge on any atom is 0.329 e. The van der Waals surface area contributed by atoms with Crippen LogP contribution < -0.4 is 75.3 Å². The van der Waals surface area contributed by atoms with Gasteiger partial charge in [-0.1, -0.05) is 93.2 Å². The third kappa shape index (κ3) is 22.7. The third-order valence-corrected chi connectivity index (χ3v) is 16.2. The van der Waals surface area contributed by atoms with Gasteiger partial charge in [0.1, 0.15) is 72.3 Å². The van der Waals surface area contributed by atoms with E-state index in [4.69, 9.17) is 16.2 Å². The number of amides is 11. The molecule has 0 spiro atoms. The highest BCUT2D eigenvalue weighted by molar-refractivity contribution is 6.00. The van der Waals surface area contributed by atoms with Crippen molar-refractivity contribution in [3.8, 4) is 5.75 Å². The van der Waals surface area contributed by atoms with Crippen molar-refractivity contribution >= 4 is 76.9 Å². The number of nitrogens with two attached hydrogens (primary N) is 2. The molecule has 1 saturated heterocycles. The number of ether oxygens (including phenoxy) is 1. The van der Waals surface area contributed by atoms with E-state index >= 15 is 0 Å². The number of benzene rings is 1. The van der Waals surface area contributed by atoms with Crippen LogP contribution in [0.3, 0.4) is 0 Å². The van der Waals surface area contributed by atoms with Gasteiger partial charge in [0.15, 0.2) is 5.96 Å². The smallest absolute Gasteiger partial charge is 0.329 e. The van der Waals surface area contributed by atoms with Crippen molar-refractivity contribution in [1.82, 2.24) is 63.8 Å². The molecule has 2 heterocycles. The van der Waals surface area contributed by atoms with Gasteiger partial charge >= 0.3 is 5.97 Å². The molecule has 0 unspecified atom stereocenters. The zero-order chi connectivity index (χ0) is 67.0. The summed E-state index contributed by atoms with van der Waals surface area (Å²) in [6.45, 7) is 14.2. The van der Waals surface area contributed by atoms with Gasteiger partial charge in [0, 0.05) is 6.42 Å². The lowest BCUT2D eigenvalue weighted by atomic mass is 9.94. The van der Waals surface area contributed by atoms with Crippen LogP contribution in [0.15, 0.2) is 29.3 Å². The number of guanidine groups is 1. The molecular weight excluding hydrogens is 1160 g/mol. The van der Waals surface area contributed by atoms with E-state index in [0.717, 1.165) is 0 Å². The number of aliphatic hydroxyl groups is 2. The summed E-state index contributed by atoms with van der Waals surface area (Å²) in [6.07, 6.45) is -0.951. The summed E-state index contributed by atoms with van der Waals surface area (Å²) in [7, 11) is 1.55. The third-order valence-electron chi connectivity index (χ3n) is 16.2. The van der Waals surface area contributed by atoms with E-state index in [1.54, 1.807) is 74.6 Å². The SMILES string of the molecule is CC[C@H](C)[C@H](NC(=O)[C@@H](Cc1ccc(O)cc1)NC)C(=O)N[C@@H](CO)C(=O)N[C@H](CCC(N)=O)C(=O)N[C@@H](C(=O)N[C@H](C(=O)N[C@@H](CO)C(=O)N[C@H]1C(=O)N[C@@H](C)C(=O)N[C@@H](C[C@H]2CN=C(N)N2)C(=O)N[C@@H]([C@@H](C)CC)C(=O)O[C@H]1C)[C@@H](C)CC)[C@@H](C)CC. The van der Waals surface area contributed by atoms with E-state index in [1.807, 2.05) is 0 Å². The highest BCUT2D eigenvalue weighted by atomic mass is 16.5. The lowest BCUT2D eigenvalue weighted by Crippen LogP contribution is -2.63. The van der Waals surface area contributed by atoms with Gasteiger partial charge in [-0.15, -0.1) is 0 Å². The lowest BCUT2D eigenvalue weighted by molar-refractivity contribution is -0.157. The molecule has 2 aliphatic rings. The van der Waals surface area contributed by atoms with Crippen LogP contribution in [0.4, 0.5) is 0 Å². The zero-order valence-corrected chi connectivity index (χ0v) is 52.7. The Hall–Kier alpha value is -8.19. The van der Waals surface area contributed by atoms with E-state index in [0.29, 0.717) is 18.4 Å². The average molecular weight is 1260 g/mol. The fraction of sp³-hybridized carbons (Fsp3) is 0.672. The van der Waals surface area contributed by atoms with Crippen LogP contribution in [0.1, 0.15) is 120 Å². The van der Waals surface area contributed by atoms with Crippen LogP contribution in [-0.2, 0) is 68.7 Å². The number of nitrogens with zero attached hydrogens (tertiary/aromatic N) is 1. The van der Waals surface area contributed by atoms with Crippen molar-refractivity contribution in [2.24, 2.45) is 40.1 Å². The Kier molecular flexibility index (Phi) is 30.6. The number of carbonyl (C=O) groups is 12. The molecule has 0 aliphatic carbocycles. The van der Waals surface area contributed by atoms with Gasteiger partial charge in [-0.25, -0.2) is 4.79 Å². The van der Waals surface area contributed by atoms with Gasteiger partial charge in [0.2, 0.25) is 65.0 Å². The molecular formula is C58H95N15O16. The van der Waals surface area contributed by atoms with Gasteiger partial charge in [-0.3, -0.25) is 57.7 Å². The van der Waals surface area contributed by atoms with Crippen molar-refractivity contribution < 1.29 is 77.6 Å². The summed E-state index contributed by atoms with van der Waals surface area (Å²) in [5.41, 5.74) is 11.9. The van der Waals surface area contributed by atoms with E-state index in [9.17, 15) is 72.9 Å². The molecule has 0 aromatic heterocycles. The van der Waals surface area contributed by atoms with E-state index in [1.165, 1.54) is 26.0 Å². The summed E-state index contributed by atoms with van der Waals surface area (Å²) in [6, 6.07) is -10.1. The van der Waals surface area contributed by atoms with Gasteiger partial charge in [0.25, 0.3) is 0 Å². The molecule has 11 amide bonds. The zero-order valence-electron chi connectivity index (χ0n) is 52.7. The molecule has 1 fully saturated rings. The Bertz CT molecular complexity index is 2670. The van der Waals surface area contributed by atoms with Crippen molar-refractivity contribution in [1.29, 1.82) is 0 Å². The fourth-order valence-electron chi connectivity index (χ4n) is 9.51. The first-order valence-electron chi connectivity index (χ1n) is 30.2. The highest BCUT2D eigenvalue weighted by Crippen LogP contribution is 2.18. The topological polar surface area (TPSA) is 484 Å². The Balaban J connectivity index is 1.85. The monoisotopic (exact) mass is 1260 g/mol. The number of phenols is 1. The molecule has 2 aliphatic heterocycles. The summed E-state index contributed by atoms with van der Waals surface area (Å²) < 4.78 is 5.72. The van der Waals surface area contributed by atoms with Crippen LogP contribution in [0, 0.1) is 23.7 Å². The minimum atomic E-state index is -1.83. The Morgan fingerprint density at radius 3 is 1.58 bits per heavy atom. The van der Waals surface area contributed by atoms with Crippen molar-refractivity contribution in [2.45, 2.75) is 199 Å². The number of rotatable bonds is 32. The van der Waals surface area contributed by atoms with Crippen LogP contribution in [-0.4, -0.2) is 198 Å². The minimum absolute atomic E-state index is 0.0137. The molecule has 1 aromatic rings. The van der Waals surface area contributed by atoms with Gasteiger partial charge in [0.05, 0.1) is 31.8 Å². The lowest BCUT2D eigenvalue weighted by Gasteiger charge is -2.31. The molecule has 19 N–H and O–H groups in total. The predicted octanol–water partition coefficient (Wildman–Crippen LogP) is -4.55. The number of likely N-dealkylation sites (N-methyl/N-ethyl adjacent to an activating group) is 1. The van der Waals surface area contributed by atoms with Crippen LogP contribution in [0.5, 0.6) is 5.75 Å². The minimum Gasteiger partial charge on any atom is -0.508 e. The molecule has 0 bridgehead atoms. The number of primary amides is 1. The second-order valence-electron chi connectivity index (χ2n) is 23.0. The standard InChI is InChI=1S/C58H95N15O16/c1-12-27(5)42(70-49(80)37(61-11)22-33-16-18-35(76)19-17-33)53(84)67-39(25-74)51(82)65-36(20-21-41(59)77)48(79)69-44(29(7)14-3)55(86)71-43(28(6)13-2)54(85)68-40(26-75)52(83)73-46-32(10)89-57(88)45(30(8)15-4)72-50(81)38(23-34-24-62-58(60)64-34)66-47(78)31(9)63-56(46)87/h16-19,27-32,34,36-40,42-46,61,74-76H,12-15,20-26H2,1-11H3,(H2,59,77)(H,63,87)(H,65,82)(H,66,78)(H,67,84)(H,68,85)(H,69,79)(H,70,80)(H,71,86)(H,72,81)(H,73,83)(H3,60,62,64)/t27-,28-,29-,30-,31-,32-,34-,36+,37+,38-,39-,40-,42-,43-,44+,45-,46+/m0/s1. The largest absolute Gasteiger partial charge is 0.508 e. The van der Waals surface area contributed by atoms with Crippen molar-refractivity contribution in [3.05, 3.63) is 29.8 Å². The Morgan fingerprint density at radius 2 is 1.11 bits per heavy atom. The molecule has 0 saturated carbocycles. The number of phenolic OH excluding ortho intramolecular Hbond substituents is 1. The molecule has 31 heteroatoms. The van der Waals surface area contributed by atoms with Crippen molar-refractivity contribution in [3.63, 3.8) is 0 Å². The second-order valence-corrected chi connectivity index (χ2v) is 23.0. The summed E-state index contributed by atoms with van der Waals surface area (Å²) in [4.78, 5) is 170. The number of esters is 1. The fourth-order valence-corrected chi connectivity index (χ4v) is 9.51. The Morgan fingerprint density at radius 1 is 0.629 bits per heavy atom. The maximum absolute atomic E-state index is 14.4. The number of nitrogens with one attached hydrogen (secondary N) is 12. The number of aliphatic imine (C=N–C) groups is 1. The van der Waals surface area contributed by atoms with Gasteiger partial charge < -0.3 is 95.3 Å². The number of carbonyl (C=O) groups excluding carboxylic acids is 12. The van der Waals surface area contributed by atoms with Gasteiger partial charge in [-0.2, -0.15) is 0 Å². The number of hydrogen-bond acceptors (Lipinski definition) is 20. The molecule has 0 radical (unpaired) electrons. The van der Waals surface area contributed by atoms with Crippen LogP contribution >= 0.6 is 0 Å². The van der Waals surface area contributed by atoms with Gasteiger partial charge in [-0.05, 0) is 81.5 Å². The van der Waals surface area contributed by atoms with E-state index in [2.05, 4.69) is 68.8 Å². The molecule has 17 atom stereocenters. The summed E-state index contributed by atoms with van der Waals surface area (Å²) >= 11 is 0. The average Bonchev–Trinajstić information content (AvgIpc) is 4.09. The van der Waals surface area contributed by atoms with Crippen molar-refractivity contribution in [2.75, 3.05) is 26.8 Å². The normalized spacial score (nSPS) is 22.6. The molecule has 498 valence electrons. The second kappa shape index (κ2) is 36.3. The first kappa shape index (κ1) is 75.1. The number of hydrogen-bond donors (Lipinski definition) is 17. The molecule has 31 nitrogen and oxygen atoms in total. The summed E-state index contributed by atoms with van der Waals surface area (Å²) in [5.74, 6) is -13.3. The van der Waals surface area contributed by atoms with E-state index in [-0.39, 0.29) is 43.9 Å². The molecule has 3 rings (SSSR count). The molecule has 1 aromatic carbocycles. The molecule has 89 heavy (non-hydrogen) atoms. The first-order valence-corrected chi connectivity index (χ1v) is 30.2. The quantitative estimate of drug-likeness (QED) is 0.0302. The Labute approximate surface area is 518 Å².